The van der Waals surface area contributed by atoms with Gasteiger partial charge in [-0.2, -0.15) is 23.0 Å². The summed E-state index contributed by atoms with van der Waals surface area (Å²) in [5, 5.41) is 7.62. The van der Waals surface area contributed by atoms with Crippen LogP contribution in [0.3, 0.4) is 0 Å². The van der Waals surface area contributed by atoms with Gasteiger partial charge in [0.15, 0.2) is 0 Å². The minimum absolute atomic E-state index is 0.132. The highest BCUT2D eigenvalue weighted by molar-refractivity contribution is 5.99. The highest BCUT2D eigenvalue weighted by atomic mass is 19.4. The Bertz CT molecular complexity index is 1200. The van der Waals surface area contributed by atoms with E-state index in [0.29, 0.717) is 29.8 Å². The lowest BCUT2D eigenvalue weighted by atomic mass is 9.81. The number of carbonyl (C=O) groups excluding carboxylic acids is 1. The number of alkyl halides is 3. The number of aromatic nitrogens is 2. The second kappa shape index (κ2) is 7.37. The summed E-state index contributed by atoms with van der Waals surface area (Å²) in [5.41, 5.74) is 0.239. The van der Waals surface area contributed by atoms with Gasteiger partial charge in [-0.05, 0) is 43.4 Å². The topological polar surface area (TPSA) is 65.4 Å². The lowest BCUT2D eigenvalue weighted by Crippen LogP contribution is -2.45. The number of ether oxygens (including phenoxy) is 2. The SMILES string of the molecule is COc1ccc(C(=O)n2ncc3c2-c2ccccc2OC32CCNCC2)cc1C(F)(F)F. The molecule has 3 heterocycles. The van der Waals surface area contributed by atoms with E-state index in [1.165, 1.54) is 10.7 Å². The van der Waals surface area contributed by atoms with Crippen LogP contribution in [-0.4, -0.2) is 35.9 Å². The van der Waals surface area contributed by atoms with Crippen molar-refractivity contribution in [3.8, 4) is 22.8 Å². The third-order valence-corrected chi connectivity index (χ3v) is 6.06. The minimum Gasteiger partial charge on any atom is -0.496 e. The molecule has 0 amide bonds. The first kappa shape index (κ1) is 20.6. The Kier molecular flexibility index (Phi) is 4.74. The molecule has 0 atom stereocenters. The molecular formula is C23H20F3N3O3. The summed E-state index contributed by atoms with van der Waals surface area (Å²) in [6.07, 6.45) is -1.68. The molecule has 1 N–H and O–H groups in total. The first-order valence-electron chi connectivity index (χ1n) is 10.2. The number of rotatable bonds is 2. The normalized spacial score (nSPS) is 16.8. The molecular weight excluding hydrogens is 423 g/mol. The summed E-state index contributed by atoms with van der Waals surface area (Å²) < 4.78 is 52.9. The van der Waals surface area contributed by atoms with Gasteiger partial charge in [-0.3, -0.25) is 4.79 Å². The number of nitrogens with one attached hydrogen (secondary N) is 1. The van der Waals surface area contributed by atoms with Crippen molar-refractivity contribution in [1.29, 1.82) is 0 Å². The van der Waals surface area contributed by atoms with Crippen LogP contribution in [-0.2, 0) is 11.8 Å². The van der Waals surface area contributed by atoms with E-state index in [4.69, 9.17) is 9.47 Å². The van der Waals surface area contributed by atoms with E-state index in [0.717, 1.165) is 37.9 Å². The molecule has 1 saturated heterocycles. The Morgan fingerprint density at radius 3 is 2.66 bits per heavy atom. The van der Waals surface area contributed by atoms with Gasteiger partial charge in [0.2, 0.25) is 0 Å². The fraction of sp³-hybridized carbons (Fsp3) is 0.304. The minimum atomic E-state index is -4.66. The fourth-order valence-electron chi connectivity index (χ4n) is 4.50. The molecule has 6 nitrogen and oxygen atoms in total. The zero-order chi connectivity index (χ0) is 22.5. The number of hydrogen-bond acceptors (Lipinski definition) is 5. The van der Waals surface area contributed by atoms with Crippen molar-refractivity contribution >= 4 is 5.91 Å². The summed E-state index contributed by atoms with van der Waals surface area (Å²) in [6, 6.07) is 10.6. The second-order valence-electron chi connectivity index (χ2n) is 7.88. The average Bonchev–Trinajstić information content (AvgIpc) is 3.25. The Morgan fingerprint density at radius 1 is 1.19 bits per heavy atom. The molecule has 0 unspecified atom stereocenters. The van der Waals surface area contributed by atoms with E-state index in [9.17, 15) is 18.0 Å². The second-order valence-corrected chi connectivity index (χ2v) is 7.88. The largest absolute Gasteiger partial charge is 0.496 e. The van der Waals surface area contributed by atoms with E-state index in [-0.39, 0.29) is 11.3 Å². The van der Waals surface area contributed by atoms with Crippen LogP contribution in [0.4, 0.5) is 13.2 Å². The zero-order valence-electron chi connectivity index (χ0n) is 17.2. The lowest BCUT2D eigenvalue weighted by Gasteiger charge is -2.41. The van der Waals surface area contributed by atoms with Crippen LogP contribution in [0.1, 0.15) is 34.3 Å². The number of halogens is 3. The highest BCUT2D eigenvalue weighted by Crippen LogP contribution is 2.49. The Hall–Kier alpha value is -3.33. The van der Waals surface area contributed by atoms with E-state index < -0.39 is 23.2 Å². The number of fused-ring (bicyclic) bond motifs is 4. The van der Waals surface area contributed by atoms with Crippen molar-refractivity contribution in [1.82, 2.24) is 15.1 Å². The zero-order valence-corrected chi connectivity index (χ0v) is 17.2. The number of benzene rings is 2. The predicted molar refractivity (Wildman–Crippen MR) is 110 cm³/mol. The summed E-state index contributed by atoms with van der Waals surface area (Å²) in [5.74, 6) is -0.369. The molecule has 32 heavy (non-hydrogen) atoms. The Balaban J connectivity index is 1.65. The standard InChI is InChI=1S/C23H20F3N3O3/c1-31-19-7-6-14(12-16(19)23(24,25)26)21(30)29-20-15-4-2-3-5-18(15)32-22(17(20)13-28-29)8-10-27-11-9-22/h2-7,12-13,27H,8-11H2,1H3. The number of methoxy groups -OCH3 is 1. The molecule has 1 aromatic heterocycles. The van der Waals surface area contributed by atoms with Crippen LogP contribution in [0, 0.1) is 0 Å². The molecule has 5 rings (SSSR count). The number of para-hydroxylation sites is 1. The van der Waals surface area contributed by atoms with Gasteiger partial charge in [-0.1, -0.05) is 12.1 Å². The van der Waals surface area contributed by atoms with Crippen molar-refractivity contribution in [3.63, 3.8) is 0 Å². The fourth-order valence-corrected chi connectivity index (χ4v) is 4.50. The van der Waals surface area contributed by atoms with Crippen molar-refractivity contribution in [2.75, 3.05) is 20.2 Å². The monoisotopic (exact) mass is 443 g/mol. The number of piperidine rings is 1. The molecule has 2 aliphatic heterocycles. The first-order valence-corrected chi connectivity index (χ1v) is 10.2. The van der Waals surface area contributed by atoms with E-state index in [2.05, 4.69) is 10.4 Å². The molecule has 0 bridgehead atoms. The van der Waals surface area contributed by atoms with Gasteiger partial charge in [-0.25, -0.2) is 0 Å². The summed E-state index contributed by atoms with van der Waals surface area (Å²) in [6.45, 7) is 1.49. The Labute approximate surface area is 181 Å². The quantitative estimate of drug-likeness (QED) is 0.642. The smallest absolute Gasteiger partial charge is 0.419 e. The number of hydrogen-bond donors (Lipinski definition) is 1. The lowest BCUT2D eigenvalue weighted by molar-refractivity contribution is -0.138. The van der Waals surface area contributed by atoms with Crippen LogP contribution in [0.2, 0.25) is 0 Å². The van der Waals surface area contributed by atoms with Gasteiger partial charge >= 0.3 is 6.18 Å². The molecule has 1 spiro atoms. The van der Waals surface area contributed by atoms with Gasteiger partial charge in [-0.15, -0.1) is 0 Å². The van der Waals surface area contributed by atoms with Crippen molar-refractivity contribution in [2.24, 2.45) is 0 Å². The van der Waals surface area contributed by atoms with E-state index in [1.54, 1.807) is 6.20 Å². The van der Waals surface area contributed by atoms with Crippen LogP contribution in [0.25, 0.3) is 11.3 Å². The highest BCUT2D eigenvalue weighted by Gasteiger charge is 2.45. The van der Waals surface area contributed by atoms with Crippen LogP contribution in [0.5, 0.6) is 11.5 Å². The van der Waals surface area contributed by atoms with Crippen LogP contribution in [0.15, 0.2) is 48.7 Å². The van der Waals surface area contributed by atoms with Gasteiger partial charge in [0.1, 0.15) is 17.1 Å². The molecule has 2 aliphatic rings. The van der Waals surface area contributed by atoms with E-state index in [1.807, 2.05) is 24.3 Å². The van der Waals surface area contributed by atoms with Crippen molar-refractivity contribution < 1.29 is 27.4 Å². The molecule has 0 aliphatic carbocycles. The molecule has 3 aromatic rings. The maximum Gasteiger partial charge on any atom is 0.419 e. The van der Waals surface area contributed by atoms with Gasteiger partial charge < -0.3 is 14.8 Å². The van der Waals surface area contributed by atoms with Gasteiger partial charge in [0.25, 0.3) is 5.91 Å². The molecule has 166 valence electrons. The molecule has 2 aromatic carbocycles. The van der Waals surface area contributed by atoms with Crippen LogP contribution < -0.4 is 14.8 Å². The maximum absolute atomic E-state index is 13.5. The molecule has 0 saturated carbocycles. The van der Waals surface area contributed by atoms with E-state index >= 15 is 0 Å². The van der Waals surface area contributed by atoms with Gasteiger partial charge in [0, 0.05) is 29.5 Å². The van der Waals surface area contributed by atoms with Crippen molar-refractivity contribution in [3.05, 3.63) is 65.4 Å². The third kappa shape index (κ3) is 3.15. The predicted octanol–water partition coefficient (Wildman–Crippen LogP) is 4.24. The number of nitrogens with zero attached hydrogens (tertiary/aromatic N) is 2. The molecule has 9 heteroatoms. The third-order valence-electron chi connectivity index (χ3n) is 6.06. The summed E-state index contributed by atoms with van der Waals surface area (Å²) in [4.78, 5) is 13.4. The Morgan fingerprint density at radius 2 is 1.94 bits per heavy atom. The first-order chi connectivity index (χ1) is 15.3. The number of carbonyl (C=O) groups is 1. The maximum atomic E-state index is 13.5. The summed E-state index contributed by atoms with van der Waals surface area (Å²) >= 11 is 0. The average molecular weight is 443 g/mol. The van der Waals surface area contributed by atoms with Crippen LogP contribution >= 0.6 is 0 Å². The molecule has 1 fully saturated rings. The molecule has 0 radical (unpaired) electrons. The van der Waals surface area contributed by atoms with Crippen molar-refractivity contribution in [2.45, 2.75) is 24.6 Å². The van der Waals surface area contributed by atoms with Gasteiger partial charge in [0.05, 0.1) is 24.6 Å². The summed E-state index contributed by atoms with van der Waals surface area (Å²) in [7, 11) is 1.16.